The normalized spacial score (nSPS) is 13.9. The number of urea groups is 1. The molecule has 13 heavy (non-hydrogen) atoms. The molecule has 0 spiro atoms. The highest BCUT2D eigenvalue weighted by atomic mass is 16.2. The predicted octanol–water partition coefficient (Wildman–Crippen LogP) is 1.18. The fourth-order valence-electron chi connectivity index (χ4n) is 1.31. The standard InChI is InChI=1S/C10H10N2O/c1-6(2)7-3-4-8-9(5-7)12-10(13)11-8/h3-6H,1-2H3. The molecule has 0 atom stereocenters. The molecule has 1 aliphatic heterocycles. The Kier molecular flexibility index (Phi) is 1.72. The summed E-state index contributed by atoms with van der Waals surface area (Å²) in [5.74, 6) is 0.455. The van der Waals surface area contributed by atoms with E-state index in [-0.39, 0.29) is 0 Å². The molecule has 0 saturated carbocycles. The van der Waals surface area contributed by atoms with Gasteiger partial charge in [-0.05, 0) is 23.6 Å². The monoisotopic (exact) mass is 174 g/mol. The molecular weight excluding hydrogens is 164 g/mol. The first-order valence-corrected chi connectivity index (χ1v) is 4.28. The number of carbonyl (C=O) groups excluding carboxylic acids is 1. The molecule has 0 aromatic heterocycles. The maximum atomic E-state index is 10.8. The van der Waals surface area contributed by atoms with E-state index in [0.717, 1.165) is 0 Å². The highest BCUT2D eigenvalue weighted by Gasteiger charge is 2.06. The number of amides is 2. The van der Waals surface area contributed by atoms with E-state index in [1.165, 1.54) is 5.56 Å². The van der Waals surface area contributed by atoms with Gasteiger partial charge < -0.3 is 0 Å². The highest BCUT2D eigenvalue weighted by Crippen LogP contribution is 2.09. The average molecular weight is 174 g/mol. The minimum absolute atomic E-state index is 0.393. The van der Waals surface area contributed by atoms with Crippen LogP contribution in [-0.4, -0.2) is 6.03 Å². The lowest BCUT2D eigenvalue weighted by molar-refractivity contribution is 0.256. The van der Waals surface area contributed by atoms with Crippen molar-refractivity contribution >= 4 is 6.03 Å². The van der Waals surface area contributed by atoms with Gasteiger partial charge >= 0.3 is 6.03 Å². The Morgan fingerprint density at radius 1 is 1.15 bits per heavy atom. The predicted molar refractivity (Wildman–Crippen MR) is 48.2 cm³/mol. The average Bonchev–Trinajstić information content (AvgIpc) is 2.42. The smallest absolute Gasteiger partial charge is 0.244 e. The number of hydrogen-bond donors (Lipinski definition) is 0. The Bertz CT molecular complexity index is 474. The van der Waals surface area contributed by atoms with Crippen LogP contribution in [0.15, 0.2) is 28.2 Å². The molecule has 3 nitrogen and oxygen atoms in total. The largest absolute Gasteiger partial charge is 0.368 e. The van der Waals surface area contributed by atoms with Gasteiger partial charge in [0.2, 0.25) is 0 Å². The topological polar surface area (TPSA) is 41.8 Å². The number of fused-ring (bicyclic) bond motifs is 1. The van der Waals surface area contributed by atoms with Crippen molar-refractivity contribution in [3.05, 3.63) is 34.5 Å². The van der Waals surface area contributed by atoms with Crippen LogP contribution in [0.1, 0.15) is 25.3 Å². The van der Waals surface area contributed by atoms with Gasteiger partial charge in [-0.25, -0.2) is 4.79 Å². The van der Waals surface area contributed by atoms with Crippen LogP contribution in [0.5, 0.6) is 0 Å². The van der Waals surface area contributed by atoms with Crippen molar-refractivity contribution in [1.82, 2.24) is 0 Å². The molecule has 1 aromatic carbocycles. The maximum Gasteiger partial charge on any atom is 0.368 e. The van der Waals surface area contributed by atoms with E-state index in [4.69, 9.17) is 0 Å². The molecule has 66 valence electrons. The molecule has 0 radical (unpaired) electrons. The van der Waals surface area contributed by atoms with Crippen molar-refractivity contribution in [1.29, 1.82) is 0 Å². The van der Waals surface area contributed by atoms with E-state index in [0.29, 0.717) is 16.6 Å². The first kappa shape index (κ1) is 8.10. The molecule has 2 amide bonds. The van der Waals surface area contributed by atoms with Gasteiger partial charge in [0.25, 0.3) is 0 Å². The van der Waals surface area contributed by atoms with Crippen LogP contribution < -0.4 is 10.7 Å². The molecule has 1 aromatic rings. The third-order valence-electron chi connectivity index (χ3n) is 2.10. The summed E-state index contributed by atoms with van der Waals surface area (Å²) < 4.78 is 0. The van der Waals surface area contributed by atoms with Crippen molar-refractivity contribution in [2.45, 2.75) is 19.8 Å². The molecular formula is C10H10N2O. The molecule has 0 aliphatic carbocycles. The summed E-state index contributed by atoms with van der Waals surface area (Å²) in [6.45, 7) is 4.21. The SMILES string of the molecule is CC(C)c1ccc2c(c1)=NC(=O)N=2. The Morgan fingerprint density at radius 3 is 2.54 bits per heavy atom. The second-order valence-corrected chi connectivity index (χ2v) is 3.41. The molecule has 3 heteroatoms. The third kappa shape index (κ3) is 1.37. The second-order valence-electron chi connectivity index (χ2n) is 3.41. The Hall–Kier alpha value is -1.51. The molecule has 2 rings (SSSR count). The van der Waals surface area contributed by atoms with Gasteiger partial charge in [-0.3, -0.25) is 0 Å². The van der Waals surface area contributed by atoms with Crippen LogP contribution in [0.2, 0.25) is 0 Å². The molecule has 0 saturated heterocycles. The van der Waals surface area contributed by atoms with Crippen LogP contribution in [0.4, 0.5) is 4.79 Å². The van der Waals surface area contributed by atoms with E-state index in [2.05, 4.69) is 23.8 Å². The highest BCUT2D eigenvalue weighted by molar-refractivity contribution is 5.77. The van der Waals surface area contributed by atoms with Crippen molar-refractivity contribution in [3.63, 3.8) is 0 Å². The second kappa shape index (κ2) is 2.76. The van der Waals surface area contributed by atoms with Gasteiger partial charge in [0, 0.05) is 0 Å². The Labute approximate surface area is 75.8 Å². The summed E-state index contributed by atoms with van der Waals surface area (Å²) in [5, 5.41) is 1.39. The summed E-state index contributed by atoms with van der Waals surface area (Å²) in [7, 11) is 0. The van der Waals surface area contributed by atoms with E-state index in [9.17, 15) is 4.79 Å². The van der Waals surface area contributed by atoms with Gasteiger partial charge in [-0.15, -0.1) is 0 Å². The lowest BCUT2D eigenvalue weighted by Gasteiger charge is -2.02. The minimum Gasteiger partial charge on any atom is -0.244 e. The molecule has 0 bridgehead atoms. The minimum atomic E-state index is -0.393. The van der Waals surface area contributed by atoms with E-state index in [1.807, 2.05) is 18.2 Å². The summed E-state index contributed by atoms with van der Waals surface area (Å²) in [4.78, 5) is 18.4. The molecule has 1 aliphatic rings. The van der Waals surface area contributed by atoms with Crippen molar-refractivity contribution in [3.8, 4) is 0 Å². The molecule has 0 unspecified atom stereocenters. The number of benzene rings is 1. The summed E-state index contributed by atoms with van der Waals surface area (Å²) in [5.41, 5.74) is 1.19. The zero-order chi connectivity index (χ0) is 9.42. The zero-order valence-corrected chi connectivity index (χ0v) is 7.61. The third-order valence-corrected chi connectivity index (χ3v) is 2.10. The first-order valence-electron chi connectivity index (χ1n) is 4.28. The first-order chi connectivity index (χ1) is 6.16. The number of nitrogens with zero attached hydrogens (tertiary/aromatic N) is 2. The van der Waals surface area contributed by atoms with Crippen molar-refractivity contribution in [2.24, 2.45) is 9.98 Å². The van der Waals surface area contributed by atoms with Gasteiger partial charge in [0.1, 0.15) is 0 Å². The van der Waals surface area contributed by atoms with Gasteiger partial charge in [0.15, 0.2) is 0 Å². The van der Waals surface area contributed by atoms with Gasteiger partial charge in [0.05, 0.1) is 10.7 Å². The molecule has 0 N–H and O–H groups in total. The molecule has 1 heterocycles. The maximum absolute atomic E-state index is 10.8. The number of carbonyl (C=O) groups is 1. The van der Waals surface area contributed by atoms with Gasteiger partial charge in [-0.2, -0.15) is 9.98 Å². The lowest BCUT2D eigenvalue weighted by atomic mass is 10.0. The van der Waals surface area contributed by atoms with Crippen molar-refractivity contribution in [2.75, 3.05) is 0 Å². The van der Waals surface area contributed by atoms with Crippen LogP contribution in [0.25, 0.3) is 0 Å². The van der Waals surface area contributed by atoms with Crippen LogP contribution >= 0.6 is 0 Å². The van der Waals surface area contributed by atoms with Crippen molar-refractivity contribution < 1.29 is 4.79 Å². The Morgan fingerprint density at radius 2 is 1.85 bits per heavy atom. The van der Waals surface area contributed by atoms with E-state index < -0.39 is 6.03 Å². The quantitative estimate of drug-likeness (QED) is 0.630. The summed E-state index contributed by atoms with van der Waals surface area (Å²) in [6, 6.07) is 5.37. The van der Waals surface area contributed by atoms with Crippen LogP contribution in [0.3, 0.4) is 0 Å². The Balaban J connectivity index is 2.66. The number of rotatable bonds is 1. The molecule has 0 fully saturated rings. The fourth-order valence-corrected chi connectivity index (χ4v) is 1.31. The lowest BCUT2D eigenvalue weighted by Crippen LogP contribution is -2.21. The van der Waals surface area contributed by atoms with Crippen LogP contribution in [0, 0.1) is 0 Å². The van der Waals surface area contributed by atoms with E-state index in [1.54, 1.807) is 0 Å². The number of hydrogen-bond acceptors (Lipinski definition) is 1. The summed E-state index contributed by atoms with van der Waals surface area (Å²) >= 11 is 0. The van der Waals surface area contributed by atoms with Gasteiger partial charge in [-0.1, -0.05) is 19.9 Å². The zero-order valence-electron chi connectivity index (χ0n) is 7.61. The fraction of sp³-hybridized carbons (Fsp3) is 0.300. The van der Waals surface area contributed by atoms with Crippen LogP contribution in [-0.2, 0) is 0 Å². The summed E-state index contributed by atoms with van der Waals surface area (Å²) in [6.07, 6.45) is 0. The van der Waals surface area contributed by atoms with E-state index >= 15 is 0 Å².